The van der Waals surface area contributed by atoms with Crippen LogP contribution in [0, 0.1) is 0 Å². The molecule has 0 N–H and O–H groups in total. The maximum Gasteiger partial charge on any atom is 0.244 e. The zero-order valence-corrected chi connectivity index (χ0v) is 13.0. The zero-order chi connectivity index (χ0) is 14.0. The van der Waals surface area contributed by atoms with Gasteiger partial charge >= 0.3 is 0 Å². The molecule has 0 amide bonds. The molecule has 0 unspecified atom stereocenters. The van der Waals surface area contributed by atoms with Gasteiger partial charge in [-0.2, -0.15) is 4.31 Å². The molecule has 0 aliphatic rings. The van der Waals surface area contributed by atoms with E-state index in [1.165, 1.54) is 15.6 Å². The fourth-order valence-electron chi connectivity index (χ4n) is 1.66. The van der Waals surface area contributed by atoms with E-state index in [1.54, 1.807) is 35.5 Å². The number of aryl methyl sites for hydroxylation is 1. The highest BCUT2D eigenvalue weighted by Gasteiger charge is 2.25. The minimum atomic E-state index is -3.53. The Morgan fingerprint density at radius 1 is 1.53 bits per heavy atom. The Kier molecular flexibility index (Phi) is 4.29. The molecule has 0 aliphatic carbocycles. The van der Waals surface area contributed by atoms with Gasteiger partial charge in [0.1, 0.15) is 5.82 Å². The van der Waals surface area contributed by atoms with Crippen molar-refractivity contribution in [2.75, 3.05) is 7.05 Å². The number of hydrogen-bond acceptors (Lipinski definition) is 4. The van der Waals surface area contributed by atoms with Crippen molar-refractivity contribution in [3.63, 3.8) is 0 Å². The van der Waals surface area contributed by atoms with Gasteiger partial charge < -0.3 is 4.57 Å². The monoisotopic (exact) mass is 319 g/mol. The molecule has 0 bridgehead atoms. The van der Waals surface area contributed by atoms with E-state index in [4.69, 9.17) is 11.6 Å². The Labute approximate surface area is 121 Å². The van der Waals surface area contributed by atoms with Gasteiger partial charge in [0.25, 0.3) is 0 Å². The van der Waals surface area contributed by atoms with Crippen LogP contribution in [0.4, 0.5) is 0 Å². The lowest BCUT2D eigenvalue weighted by molar-refractivity contribution is 0.451. The molecule has 0 atom stereocenters. The molecule has 8 heteroatoms. The molecule has 2 heterocycles. The molecule has 0 aliphatic heterocycles. The van der Waals surface area contributed by atoms with Gasteiger partial charge in [0.15, 0.2) is 0 Å². The molecule has 0 aromatic carbocycles. The van der Waals surface area contributed by atoms with E-state index in [2.05, 4.69) is 4.98 Å². The highest BCUT2D eigenvalue weighted by atomic mass is 35.5. The van der Waals surface area contributed by atoms with Crippen molar-refractivity contribution in [2.45, 2.75) is 17.3 Å². The fraction of sp³-hybridized carbons (Fsp3) is 0.364. The van der Waals surface area contributed by atoms with Gasteiger partial charge in [-0.1, -0.05) is 0 Å². The maximum absolute atomic E-state index is 12.4. The average molecular weight is 320 g/mol. The van der Waals surface area contributed by atoms with Crippen molar-refractivity contribution in [1.82, 2.24) is 13.9 Å². The van der Waals surface area contributed by atoms with Crippen molar-refractivity contribution in [1.29, 1.82) is 0 Å². The third-order valence-corrected chi connectivity index (χ3v) is 6.16. The highest BCUT2D eigenvalue weighted by Crippen LogP contribution is 2.26. The number of halogens is 1. The van der Waals surface area contributed by atoms with Crippen LogP contribution in [0.2, 0.25) is 0 Å². The second-order valence-corrected chi connectivity index (χ2v) is 7.34. The normalized spacial score (nSPS) is 12.2. The maximum atomic E-state index is 12.4. The third-order valence-electron chi connectivity index (χ3n) is 2.80. The Bertz CT molecular complexity index is 663. The van der Waals surface area contributed by atoms with E-state index in [9.17, 15) is 8.42 Å². The number of nitrogens with zero attached hydrogens (tertiary/aromatic N) is 3. The summed E-state index contributed by atoms with van der Waals surface area (Å²) in [5, 5.41) is 1.74. The van der Waals surface area contributed by atoms with Crippen molar-refractivity contribution in [2.24, 2.45) is 7.05 Å². The lowest BCUT2D eigenvalue weighted by Gasteiger charge is -2.16. The Morgan fingerprint density at radius 2 is 2.26 bits per heavy atom. The number of thiophene rings is 1. The number of sulfonamides is 1. The number of rotatable bonds is 5. The third kappa shape index (κ3) is 2.84. The average Bonchev–Trinajstić information content (AvgIpc) is 2.98. The summed E-state index contributed by atoms with van der Waals surface area (Å²) in [5.41, 5.74) is 0. The summed E-state index contributed by atoms with van der Waals surface area (Å²) in [5.74, 6) is 0.886. The van der Waals surface area contributed by atoms with E-state index in [0.717, 1.165) is 0 Å². The SMILES string of the molecule is CN(Cc1nccn1C)S(=O)(=O)c1ccsc1CCl. The quantitative estimate of drug-likeness (QED) is 0.792. The number of imidazole rings is 1. The van der Waals surface area contributed by atoms with Crippen molar-refractivity contribution >= 4 is 33.0 Å². The summed E-state index contributed by atoms with van der Waals surface area (Å²) in [7, 11) is -0.153. The molecule has 2 aromatic rings. The van der Waals surface area contributed by atoms with E-state index >= 15 is 0 Å². The van der Waals surface area contributed by atoms with Crippen molar-refractivity contribution in [3.8, 4) is 0 Å². The van der Waals surface area contributed by atoms with Gasteiger partial charge in [0.05, 0.1) is 17.3 Å². The van der Waals surface area contributed by atoms with Crippen LogP contribution in [0.3, 0.4) is 0 Å². The summed E-state index contributed by atoms with van der Waals surface area (Å²) >= 11 is 7.11. The molecule has 0 radical (unpaired) electrons. The predicted octanol–water partition coefficient (Wildman–Crippen LogP) is 2.04. The molecule has 2 rings (SSSR count). The first-order valence-electron chi connectivity index (χ1n) is 5.51. The van der Waals surface area contributed by atoms with Gasteiger partial charge in [-0.15, -0.1) is 22.9 Å². The fourth-order valence-corrected chi connectivity index (χ4v) is 4.45. The largest absolute Gasteiger partial charge is 0.337 e. The molecule has 0 fully saturated rings. The Morgan fingerprint density at radius 3 is 2.84 bits per heavy atom. The van der Waals surface area contributed by atoms with Gasteiger partial charge in [0.2, 0.25) is 10.0 Å². The summed E-state index contributed by atoms with van der Waals surface area (Å²) < 4.78 is 28.0. The standard InChI is InChI=1S/C11H14ClN3O2S2/c1-14-5-4-13-11(14)8-15(2)19(16,17)10-3-6-18-9(10)7-12/h3-6H,7-8H2,1-2H3. The Hall–Kier alpha value is -0.890. The topological polar surface area (TPSA) is 55.2 Å². The predicted molar refractivity (Wildman–Crippen MR) is 75.7 cm³/mol. The first-order chi connectivity index (χ1) is 8.96. The first kappa shape index (κ1) is 14.5. The molecular weight excluding hydrogens is 306 g/mol. The lowest BCUT2D eigenvalue weighted by atomic mass is 10.5. The number of hydrogen-bond donors (Lipinski definition) is 0. The molecule has 0 saturated carbocycles. The molecule has 19 heavy (non-hydrogen) atoms. The first-order valence-corrected chi connectivity index (χ1v) is 8.37. The van der Waals surface area contributed by atoms with E-state index in [1.807, 2.05) is 7.05 Å². The number of alkyl halides is 1. The summed E-state index contributed by atoms with van der Waals surface area (Å²) in [6.07, 6.45) is 3.43. The minimum Gasteiger partial charge on any atom is -0.337 e. The van der Waals surface area contributed by atoms with Crippen LogP contribution < -0.4 is 0 Å². The smallest absolute Gasteiger partial charge is 0.244 e. The van der Waals surface area contributed by atoms with Crippen LogP contribution in [0.5, 0.6) is 0 Å². The molecule has 0 spiro atoms. The van der Waals surface area contributed by atoms with E-state index in [-0.39, 0.29) is 17.3 Å². The van der Waals surface area contributed by atoms with Gasteiger partial charge in [-0.25, -0.2) is 13.4 Å². The second-order valence-electron chi connectivity index (χ2n) is 4.06. The van der Waals surface area contributed by atoms with Crippen LogP contribution in [-0.2, 0) is 29.5 Å². The molecule has 5 nitrogen and oxygen atoms in total. The Balaban J connectivity index is 2.27. The summed E-state index contributed by atoms with van der Waals surface area (Å²) in [6.45, 7) is 0.226. The van der Waals surface area contributed by atoms with Gasteiger partial charge in [-0.3, -0.25) is 0 Å². The van der Waals surface area contributed by atoms with Crippen molar-refractivity contribution < 1.29 is 8.42 Å². The van der Waals surface area contributed by atoms with E-state index in [0.29, 0.717) is 10.7 Å². The van der Waals surface area contributed by atoms with Crippen molar-refractivity contribution in [3.05, 3.63) is 34.5 Å². The molecule has 104 valence electrons. The lowest BCUT2D eigenvalue weighted by Crippen LogP contribution is -2.28. The molecule has 0 saturated heterocycles. The highest BCUT2D eigenvalue weighted by molar-refractivity contribution is 7.89. The molecular formula is C11H14ClN3O2S2. The number of aromatic nitrogens is 2. The summed E-state index contributed by atoms with van der Waals surface area (Å²) in [6, 6.07) is 1.59. The van der Waals surface area contributed by atoms with Crippen LogP contribution in [0.25, 0.3) is 0 Å². The van der Waals surface area contributed by atoms with Crippen LogP contribution >= 0.6 is 22.9 Å². The zero-order valence-electron chi connectivity index (χ0n) is 10.6. The summed E-state index contributed by atoms with van der Waals surface area (Å²) in [4.78, 5) is 5.07. The second kappa shape index (κ2) is 5.62. The van der Waals surface area contributed by atoms with Gasteiger partial charge in [-0.05, 0) is 11.4 Å². The molecule has 2 aromatic heterocycles. The van der Waals surface area contributed by atoms with Crippen LogP contribution in [-0.4, -0.2) is 29.3 Å². The van der Waals surface area contributed by atoms with Crippen LogP contribution in [0.15, 0.2) is 28.7 Å². The minimum absolute atomic E-state index is 0.197. The van der Waals surface area contributed by atoms with E-state index < -0.39 is 10.0 Å². The van der Waals surface area contributed by atoms with Crippen LogP contribution in [0.1, 0.15) is 10.7 Å². The van der Waals surface area contributed by atoms with Gasteiger partial charge in [0, 0.05) is 31.4 Å².